The maximum atomic E-state index is 12.3. The fourth-order valence-electron chi connectivity index (χ4n) is 2.48. The Kier molecular flexibility index (Phi) is 3.32. The van der Waals surface area contributed by atoms with Crippen LogP contribution in [0.3, 0.4) is 0 Å². The fourth-order valence-corrected chi connectivity index (χ4v) is 2.48. The Bertz CT molecular complexity index is 575. The summed E-state index contributed by atoms with van der Waals surface area (Å²) in [7, 11) is 0. The van der Waals surface area contributed by atoms with Gasteiger partial charge < -0.3 is 4.74 Å². The number of para-hydroxylation sites is 1. The number of hydrogen-bond acceptors (Lipinski definition) is 2. The van der Waals surface area contributed by atoms with Crippen LogP contribution in [0, 0.1) is 5.92 Å². The van der Waals surface area contributed by atoms with Crippen molar-refractivity contribution < 1.29 is 9.53 Å². The van der Waals surface area contributed by atoms with Gasteiger partial charge in [0.05, 0.1) is 12.5 Å². The van der Waals surface area contributed by atoms with Gasteiger partial charge in [-0.2, -0.15) is 0 Å². The summed E-state index contributed by atoms with van der Waals surface area (Å²) in [5.74, 6) is 1.17. The average Bonchev–Trinajstić information content (AvgIpc) is 2.48. The van der Waals surface area contributed by atoms with E-state index in [4.69, 9.17) is 4.74 Å². The lowest BCUT2D eigenvalue weighted by molar-refractivity contribution is -0.123. The first-order chi connectivity index (χ1) is 9.33. The first kappa shape index (κ1) is 12.0. The Morgan fingerprint density at radius 2 is 1.79 bits per heavy atom. The number of benzene rings is 2. The largest absolute Gasteiger partial charge is 0.493 e. The standard InChI is InChI=1S/C17H16O2/c18-16(10-13-6-2-1-3-7-13)15-11-14-8-4-5-9-17(14)19-12-15/h1-9,15H,10-12H2. The van der Waals surface area contributed by atoms with Crippen LogP contribution in [0.5, 0.6) is 5.75 Å². The molecular formula is C17H16O2. The molecule has 1 aliphatic heterocycles. The molecule has 3 rings (SSSR count). The van der Waals surface area contributed by atoms with Crippen molar-refractivity contribution in [3.63, 3.8) is 0 Å². The van der Waals surface area contributed by atoms with E-state index in [1.54, 1.807) is 0 Å². The van der Waals surface area contributed by atoms with Crippen molar-refractivity contribution in [1.29, 1.82) is 0 Å². The normalized spacial score (nSPS) is 17.4. The third-order valence-electron chi connectivity index (χ3n) is 3.56. The molecule has 0 aromatic heterocycles. The number of carbonyl (C=O) groups excluding carboxylic acids is 1. The minimum Gasteiger partial charge on any atom is -0.493 e. The van der Waals surface area contributed by atoms with E-state index in [0.29, 0.717) is 13.0 Å². The Balaban J connectivity index is 1.70. The number of hydrogen-bond donors (Lipinski definition) is 0. The first-order valence-corrected chi connectivity index (χ1v) is 6.60. The van der Waals surface area contributed by atoms with Gasteiger partial charge in [-0.3, -0.25) is 4.79 Å². The van der Waals surface area contributed by atoms with Crippen LogP contribution in [0.15, 0.2) is 54.6 Å². The number of carbonyl (C=O) groups is 1. The van der Waals surface area contributed by atoms with Gasteiger partial charge in [0.1, 0.15) is 11.5 Å². The van der Waals surface area contributed by atoms with E-state index in [1.807, 2.05) is 54.6 Å². The zero-order valence-electron chi connectivity index (χ0n) is 10.7. The molecule has 1 aliphatic rings. The number of ether oxygens (including phenoxy) is 1. The van der Waals surface area contributed by atoms with Crippen molar-refractivity contribution in [1.82, 2.24) is 0 Å². The van der Waals surface area contributed by atoms with Gasteiger partial charge in [0.25, 0.3) is 0 Å². The monoisotopic (exact) mass is 252 g/mol. The Morgan fingerprint density at radius 3 is 2.63 bits per heavy atom. The van der Waals surface area contributed by atoms with E-state index in [0.717, 1.165) is 23.3 Å². The van der Waals surface area contributed by atoms with Gasteiger partial charge in [0.2, 0.25) is 0 Å². The van der Waals surface area contributed by atoms with Gasteiger partial charge in [-0.1, -0.05) is 48.5 Å². The third kappa shape index (κ3) is 2.68. The molecule has 2 nitrogen and oxygen atoms in total. The first-order valence-electron chi connectivity index (χ1n) is 6.60. The van der Waals surface area contributed by atoms with Gasteiger partial charge >= 0.3 is 0 Å². The Labute approximate surface area is 113 Å². The van der Waals surface area contributed by atoms with E-state index in [9.17, 15) is 4.79 Å². The summed E-state index contributed by atoms with van der Waals surface area (Å²) in [4.78, 5) is 12.3. The third-order valence-corrected chi connectivity index (χ3v) is 3.56. The van der Waals surface area contributed by atoms with Crippen molar-refractivity contribution in [2.75, 3.05) is 6.61 Å². The molecule has 1 unspecified atom stereocenters. The smallest absolute Gasteiger partial charge is 0.144 e. The van der Waals surface area contributed by atoms with Crippen LogP contribution in [0.2, 0.25) is 0 Å². The van der Waals surface area contributed by atoms with Crippen LogP contribution in [0.1, 0.15) is 11.1 Å². The summed E-state index contributed by atoms with van der Waals surface area (Å²) in [5, 5.41) is 0. The number of rotatable bonds is 3. The zero-order chi connectivity index (χ0) is 13.1. The molecule has 0 fully saturated rings. The molecule has 0 spiro atoms. The Morgan fingerprint density at radius 1 is 1.05 bits per heavy atom. The number of ketones is 1. The minimum atomic E-state index is -0.0184. The molecule has 96 valence electrons. The average molecular weight is 252 g/mol. The molecule has 0 aliphatic carbocycles. The summed E-state index contributed by atoms with van der Waals surface area (Å²) in [6.45, 7) is 0.503. The fraction of sp³-hybridized carbons (Fsp3) is 0.235. The van der Waals surface area contributed by atoms with E-state index in [1.165, 1.54) is 0 Å². The van der Waals surface area contributed by atoms with E-state index >= 15 is 0 Å². The van der Waals surface area contributed by atoms with Gasteiger partial charge in [-0.05, 0) is 23.6 Å². The maximum absolute atomic E-state index is 12.3. The van der Waals surface area contributed by atoms with Crippen LogP contribution in [-0.4, -0.2) is 12.4 Å². The summed E-state index contributed by atoms with van der Waals surface area (Å²) >= 11 is 0. The quantitative estimate of drug-likeness (QED) is 0.839. The van der Waals surface area contributed by atoms with Crippen molar-refractivity contribution >= 4 is 5.78 Å². The second-order valence-corrected chi connectivity index (χ2v) is 4.95. The zero-order valence-corrected chi connectivity index (χ0v) is 10.7. The number of fused-ring (bicyclic) bond motifs is 1. The summed E-state index contributed by atoms with van der Waals surface area (Å²) in [6.07, 6.45) is 1.29. The van der Waals surface area contributed by atoms with Gasteiger partial charge in [0.15, 0.2) is 0 Å². The maximum Gasteiger partial charge on any atom is 0.144 e. The second kappa shape index (κ2) is 5.27. The van der Waals surface area contributed by atoms with Crippen LogP contribution in [0.25, 0.3) is 0 Å². The molecule has 1 atom stereocenters. The molecule has 0 bridgehead atoms. The summed E-state index contributed by atoms with van der Waals surface area (Å²) in [5.41, 5.74) is 2.21. The van der Waals surface area contributed by atoms with Gasteiger partial charge in [-0.15, -0.1) is 0 Å². The van der Waals surface area contributed by atoms with Gasteiger partial charge in [-0.25, -0.2) is 0 Å². The highest BCUT2D eigenvalue weighted by Gasteiger charge is 2.25. The topological polar surface area (TPSA) is 26.3 Å². The minimum absolute atomic E-state index is 0.0184. The lowest BCUT2D eigenvalue weighted by atomic mass is 9.90. The summed E-state index contributed by atoms with van der Waals surface area (Å²) in [6, 6.07) is 17.9. The molecule has 2 aromatic rings. The molecular weight excluding hydrogens is 236 g/mol. The van der Waals surface area contributed by atoms with Crippen molar-refractivity contribution in [3.05, 3.63) is 65.7 Å². The number of Topliss-reactive ketones (excluding diaryl/α,β-unsaturated/α-hetero) is 1. The van der Waals surface area contributed by atoms with Gasteiger partial charge in [0, 0.05) is 6.42 Å². The van der Waals surface area contributed by atoms with E-state index < -0.39 is 0 Å². The predicted octanol–water partition coefficient (Wildman–Crippen LogP) is 3.05. The predicted molar refractivity (Wildman–Crippen MR) is 74.3 cm³/mol. The highest BCUT2D eigenvalue weighted by atomic mass is 16.5. The lowest BCUT2D eigenvalue weighted by Gasteiger charge is -2.24. The molecule has 0 saturated carbocycles. The lowest BCUT2D eigenvalue weighted by Crippen LogP contribution is -2.29. The molecule has 0 amide bonds. The highest BCUT2D eigenvalue weighted by molar-refractivity contribution is 5.84. The molecule has 19 heavy (non-hydrogen) atoms. The van der Waals surface area contributed by atoms with Crippen LogP contribution >= 0.6 is 0 Å². The summed E-state index contributed by atoms with van der Waals surface area (Å²) < 4.78 is 5.67. The van der Waals surface area contributed by atoms with Crippen molar-refractivity contribution in [2.45, 2.75) is 12.8 Å². The SMILES string of the molecule is O=C(Cc1ccccc1)C1COc2ccccc2C1. The van der Waals surface area contributed by atoms with Crippen molar-refractivity contribution in [2.24, 2.45) is 5.92 Å². The van der Waals surface area contributed by atoms with E-state index in [2.05, 4.69) is 0 Å². The molecule has 2 heteroatoms. The van der Waals surface area contributed by atoms with Crippen LogP contribution < -0.4 is 4.74 Å². The van der Waals surface area contributed by atoms with E-state index in [-0.39, 0.29) is 11.7 Å². The molecule has 0 saturated heterocycles. The molecule has 0 radical (unpaired) electrons. The molecule has 0 N–H and O–H groups in total. The Hall–Kier alpha value is -2.09. The van der Waals surface area contributed by atoms with Crippen LogP contribution in [0.4, 0.5) is 0 Å². The van der Waals surface area contributed by atoms with Crippen LogP contribution in [-0.2, 0) is 17.6 Å². The molecule has 1 heterocycles. The molecule has 2 aromatic carbocycles. The highest BCUT2D eigenvalue weighted by Crippen LogP contribution is 2.27. The van der Waals surface area contributed by atoms with Crippen molar-refractivity contribution in [3.8, 4) is 5.75 Å². The second-order valence-electron chi connectivity index (χ2n) is 4.95.